The zero-order valence-corrected chi connectivity index (χ0v) is 22.3. The van der Waals surface area contributed by atoms with Crippen molar-refractivity contribution in [3.05, 3.63) is 84.4 Å². The third-order valence-electron chi connectivity index (χ3n) is 5.61. The molecule has 0 bridgehead atoms. The molecule has 0 aliphatic rings. The average molecular weight is 531 g/mol. The lowest BCUT2D eigenvalue weighted by Gasteiger charge is -2.18. The summed E-state index contributed by atoms with van der Waals surface area (Å²) in [6.07, 6.45) is 0.307. The number of urea groups is 1. The van der Waals surface area contributed by atoms with Crippen LogP contribution in [0.2, 0.25) is 0 Å². The van der Waals surface area contributed by atoms with Gasteiger partial charge in [0.05, 0.1) is 6.61 Å². The summed E-state index contributed by atoms with van der Waals surface area (Å²) in [5, 5.41) is 17.8. The summed E-state index contributed by atoms with van der Waals surface area (Å²) in [5.41, 5.74) is 3.47. The monoisotopic (exact) mass is 530 g/mol. The smallest absolute Gasteiger partial charge is 0.319 e. The SMILES string of the molecule is CCOc1ccc(NC(=O)NC(Cc2ccccc2)C(=O)Nc2nnc(-c3ccc(N(C)C)cc3)s2)cc1. The summed E-state index contributed by atoms with van der Waals surface area (Å²) in [5.74, 6) is 0.325. The molecule has 9 nitrogen and oxygen atoms in total. The van der Waals surface area contributed by atoms with E-state index in [4.69, 9.17) is 4.74 Å². The Morgan fingerprint density at radius 2 is 1.63 bits per heavy atom. The molecule has 196 valence electrons. The number of hydrogen-bond acceptors (Lipinski definition) is 7. The van der Waals surface area contributed by atoms with E-state index in [9.17, 15) is 9.59 Å². The molecule has 0 saturated heterocycles. The fourth-order valence-corrected chi connectivity index (χ4v) is 4.42. The van der Waals surface area contributed by atoms with E-state index < -0.39 is 12.1 Å². The van der Waals surface area contributed by atoms with Gasteiger partial charge in [-0.3, -0.25) is 10.1 Å². The number of anilines is 3. The fraction of sp³-hybridized carbons (Fsp3) is 0.214. The van der Waals surface area contributed by atoms with Gasteiger partial charge in [0.25, 0.3) is 0 Å². The van der Waals surface area contributed by atoms with Crippen molar-refractivity contribution in [1.29, 1.82) is 0 Å². The van der Waals surface area contributed by atoms with Gasteiger partial charge in [-0.25, -0.2) is 4.79 Å². The van der Waals surface area contributed by atoms with Gasteiger partial charge in [0.1, 0.15) is 16.8 Å². The summed E-state index contributed by atoms with van der Waals surface area (Å²) < 4.78 is 5.44. The Kier molecular flexibility index (Phi) is 8.89. The van der Waals surface area contributed by atoms with Crippen molar-refractivity contribution < 1.29 is 14.3 Å². The maximum absolute atomic E-state index is 13.3. The van der Waals surface area contributed by atoms with Crippen LogP contribution < -0.4 is 25.6 Å². The zero-order valence-electron chi connectivity index (χ0n) is 21.5. The Bertz CT molecular complexity index is 1340. The molecule has 1 aromatic heterocycles. The Balaban J connectivity index is 1.44. The predicted molar refractivity (Wildman–Crippen MR) is 152 cm³/mol. The number of aromatic nitrogens is 2. The van der Waals surface area contributed by atoms with E-state index in [1.54, 1.807) is 24.3 Å². The third kappa shape index (κ3) is 7.30. The van der Waals surface area contributed by atoms with Gasteiger partial charge >= 0.3 is 6.03 Å². The van der Waals surface area contributed by atoms with E-state index in [0.717, 1.165) is 16.8 Å². The molecule has 1 atom stereocenters. The number of rotatable bonds is 10. The minimum Gasteiger partial charge on any atom is -0.494 e. The Morgan fingerprint density at radius 1 is 0.921 bits per heavy atom. The Hall–Kier alpha value is -4.44. The average Bonchev–Trinajstić information content (AvgIpc) is 3.38. The van der Waals surface area contributed by atoms with Gasteiger partial charge in [0.2, 0.25) is 11.0 Å². The summed E-state index contributed by atoms with van der Waals surface area (Å²) in [6, 6.07) is 23.1. The van der Waals surface area contributed by atoms with E-state index in [1.165, 1.54) is 11.3 Å². The molecular weight excluding hydrogens is 500 g/mol. The second-order valence-corrected chi connectivity index (χ2v) is 9.62. The minimum atomic E-state index is -0.841. The van der Waals surface area contributed by atoms with Crippen LogP contribution >= 0.6 is 11.3 Å². The number of benzene rings is 3. The topological polar surface area (TPSA) is 108 Å². The van der Waals surface area contributed by atoms with Crippen molar-refractivity contribution in [2.45, 2.75) is 19.4 Å². The lowest BCUT2D eigenvalue weighted by molar-refractivity contribution is -0.117. The highest BCUT2D eigenvalue weighted by atomic mass is 32.1. The highest BCUT2D eigenvalue weighted by Gasteiger charge is 2.23. The maximum Gasteiger partial charge on any atom is 0.319 e. The Morgan fingerprint density at radius 3 is 2.29 bits per heavy atom. The first-order valence-corrected chi connectivity index (χ1v) is 13.0. The van der Waals surface area contributed by atoms with Crippen molar-refractivity contribution in [1.82, 2.24) is 15.5 Å². The molecule has 0 aliphatic heterocycles. The number of nitrogens with zero attached hydrogens (tertiary/aromatic N) is 3. The molecule has 0 fully saturated rings. The van der Waals surface area contributed by atoms with Crippen molar-refractivity contribution in [3.8, 4) is 16.3 Å². The summed E-state index contributed by atoms with van der Waals surface area (Å²) in [7, 11) is 3.96. The van der Waals surface area contributed by atoms with E-state index in [2.05, 4.69) is 26.1 Å². The molecule has 0 aliphatic carbocycles. The zero-order chi connectivity index (χ0) is 26.9. The molecule has 38 heavy (non-hydrogen) atoms. The van der Waals surface area contributed by atoms with E-state index in [0.29, 0.717) is 34.6 Å². The lowest BCUT2D eigenvalue weighted by Crippen LogP contribution is -2.46. The first-order chi connectivity index (χ1) is 18.4. The van der Waals surface area contributed by atoms with Crippen LogP contribution in [0.25, 0.3) is 10.6 Å². The van der Waals surface area contributed by atoms with Crippen molar-refractivity contribution in [2.24, 2.45) is 0 Å². The molecule has 0 radical (unpaired) electrons. The van der Waals surface area contributed by atoms with Crippen LogP contribution in [0.4, 0.5) is 21.3 Å². The van der Waals surface area contributed by atoms with Gasteiger partial charge in [-0.05, 0) is 61.0 Å². The molecule has 4 aromatic rings. The summed E-state index contributed by atoms with van der Waals surface area (Å²) in [4.78, 5) is 28.0. The fourth-order valence-electron chi connectivity index (χ4n) is 3.67. The van der Waals surface area contributed by atoms with Gasteiger partial charge < -0.3 is 20.3 Å². The van der Waals surface area contributed by atoms with Crippen LogP contribution in [0.5, 0.6) is 5.75 Å². The van der Waals surface area contributed by atoms with Gasteiger partial charge in [-0.15, -0.1) is 10.2 Å². The molecule has 10 heteroatoms. The maximum atomic E-state index is 13.3. The number of nitrogens with one attached hydrogen (secondary N) is 3. The molecule has 0 spiro atoms. The third-order valence-corrected chi connectivity index (χ3v) is 6.50. The quantitative estimate of drug-likeness (QED) is 0.265. The van der Waals surface area contributed by atoms with Crippen LogP contribution in [0, 0.1) is 0 Å². The molecule has 3 amide bonds. The second-order valence-electron chi connectivity index (χ2n) is 8.64. The van der Waals surface area contributed by atoms with Crippen molar-refractivity contribution in [2.75, 3.05) is 36.2 Å². The summed E-state index contributed by atoms with van der Waals surface area (Å²) >= 11 is 1.27. The van der Waals surface area contributed by atoms with Crippen LogP contribution in [0.3, 0.4) is 0 Å². The predicted octanol–water partition coefficient (Wildman–Crippen LogP) is 5.04. The molecule has 0 saturated carbocycles. The first kappa shape index (κ1) is 26.6. The van der Waals surface area contributed by atoms with E-state index >= 15 is 0 Å². The van der Waals surface area contributed by atoms with Gasteiger partial charge in [0, 0.05) is 37.5 Å². The highest BCUT2D eigenvalue weighted by molar-refractivity contribution is 7.18. The standard InChI is InChI=1S/C28H30N6O3S/c1-4-37-23-16-12-21(13-17-23)29-27(36)30-24(18-19-8-6-5-7-9-19)25(35)31-28-33-32-26(38-28)20-10-14-22(15-11-20)34(2)3/h5-17,24H,4,18H2,1-3H3,(H2,29,30,36)(H,31,33,35). The number of ether oxygens (including phenoxy) is 1. The van der Waals surface area contributed by atoms with Gasteiger partial charge in [-0.2, -0.15) is 0 Å². The largest absolute Gasteiger partial charge is 0.494 e. The number of hydrogen-bond donors (Lipinski definition) is 3. The van der Waals surface area contributed by atoms with Crippen LogP contribution in [-0.2, 0) is 11.2 Å². The van der Waals surface area contributed by atoms with E-state index in [-0.39, 0.29) is 5.91 Å². The van der Waals surface area contributed by atoms with Gasteiger partial charge in [0.15, 0.2) is 0 Å². The van der Waals surface area contributed by atoms with Crippen molar-refractivity contribution in [3.63, 3.8) is 0 Å². The van der Waals surface area contributed by atoms with E-state index in [1.807, 2.05) is 80.5 Å². The number of carbonyl (C=O) groups excluding carboxylic acids is 2. The summed E-state index contributed by atoms with van der Waals surface area (Å²) in [6.45, 7) is 2.46. The Labute approximate surface area is 225 Å². The minimum absolute atomic E-state index is 0.307. The molecule has 3 N–H and O–H groups in total. The second kappa shape index (κ2) is 12.7. The highest BCUT2D eigenvalue weighted by Crippen LogP contribution is 2.28. The number of amides is 3. The van der Waals surface area contributed by atoms with Crippen molar-refractivity contribution >= 4 is 39.8 Å². The molecule has 3 aromatic carbocycles. The lowest BCUT2D eigenvalue weighted by atomic mass is 10.1. The number of carbonyl (C=O) groups is 2. The normalized spacial score (nSPS) is 11.3. The van der Waals surface area contributed by atoms with Crippen LogP contribution in [0.1, 0.15) is 12.5 Å². The molecule has 4 rings (SSSR count). The van der Waals surface area contributed by atoms with Crippen LogP contribution in [-0.4, -0.2) is 48.9 Å². The molecular formula is C28H30N6O3S. The molecule has 1 unspecified atom stereocenters. The van der Waals surface area contributed by atoms with Crippen LogP contribution in [0.15, 0.2) is 78.9 Å². The molecule has 1 heterocycles. The van der Waals surface area contributed by atoms with Gasteiger partial charge in [-0.1, -0.05) is 41.7 Å². The first-order valence-electron chi connectivity index (χ1n) is 12.2.